The molecular formula is C31H28FN5O2. The van der Waals surface area contributed by atoms with Gasteiger partial charge in [-0.05, 0) is 54.3 Å². The van der Waals surface area contributed by atoms with Crippen LogP contribution in [0.4, 0.5) is 15.9 Å². The molecule has 1 aliphatic rings. The van der Waals surface area contributed by atoms with Gasteiger partial charge in [0.1, 0.15) is 17.7 Å². The van der Waals surface area contributed by atoms with E-state index in [2.05, 4.69) is 22.9 Å². The fraction of sp³-hybridized carbons (Fsp3) is 0.226. The highest BCUT2D eigenvalue weighted by Gasteiger charge is 2.27. The van der Waals surface area contributed by atoms with Crippen molar-refractivity contribution in [3.8, 4) is 28.5 Å². The number of ketones is 1. The average molecular weight is 522 g/mol. The standard InChI is InChI=1S/C31H28FN5O2/c1-3-25(38)36-22-12-9-18(10-13-22)28-26(27-29(37(28)2)21(16-33)17-35-31(27)34)20-11-14-23(24(32)15-20)30(39)19-7-5-4-6-8-19/h3,9-15,17,19H,1,4-8H2,2H3,(H2,34,35)(H,36,38). The van der Waals surface area contributed by atoms with Crippen LogP contribution in [0.5, 0.6) is 0 Å². The summed E-state index contributed by atoms with van der Waals surface area (Å²) in [7, 11) is 1.81. The van der Waals surface area contributed by atoms with Crippen molar-refractivity contribution in [2.24, 2.45) is 13.0 Å². The zero-order valence-corrected chi connectivity index (χ0v) is 21.6. The molecule has 1 amide bonds. The number of nitriles is 1. The number of pyridine rings is 1. The Morgan fingerprint density at radius 1 is 1.15 bits per heavy atom. The number of aromatic nitrogens is 2. The van der Waals surface area contributed by atoms with Crippen LogP contribution in [-0.2, 0) is 11.8 Å². The molecular weight excluding hydrogens is 493 g/mol. The van der Waals surface area contributed by atoms with Crippen LogP contribution >= 0.6 is 0 Å². The number of nitrogens with zero attached hydrogens (tertiary/aromatic N) is 3. The molecule has 2 aromatic carbocycles. The Morgan fingerprint density at radius 3 is 2.49 bits per heavy atom. The summed E-state index contributed by atoms with van der Waals surface area (Å²) < 4.78 is 17.4. The Kier molecular flexibility index (Phi) is 6.99. The number of nitrogen functional groups attached to an aromatic ring is 1. The van der Waals surface area contributed by atoms with Crippen molar-refractivity contribution in [3.05, 3.63) is 78.3 Å². The Hall–Kier alpha value is -4.77. The molecule has 0 radical (unpaired) electrons. The highest BCUT2D eigenvalue weighted by atomic mass is 19.1. The lowest BCUT2D eigenvalue weighted by atomic mass is 9.83. The molecule has 2 heterocycles. The third-order valence-electron chi connectivity index (χ3n) is 7.47. The molecule has 0 bridgehead atoms. The molecule has 4 aromatic rings. The molecule has 1 saturated carbocycles. The molecule has 0 atom stereocenters. The first-order valence-electron chi connectivity index (χ1n) is 12.9. The lowest BCUT2D eigenvalue weighted by Gasteiger charge is -2.20. The highest BCUT2D eigenvalue weighted by Crippen LogP contribution is 2.44. The van der Waals surface area contributed by atoms with Crippen molar-refractivity contribution in [2.45, 2.75) is 32.1 Å². The van der Waals surface area contributed by atoms with Gasteiger partial charge in [-0.2, -0.15) is 5.26 Å². The Morgan fingerprint density at radius 2 is 1.85 bits per heavy atom. The topological polar surface area (TPSA) is 114 Å². The summed E-state index contributed by atoms with van der Waals surface area (Å²) >= 11 is 0. The van der Waals surface area contributed by atoms with E-state index in [0.29, 0.717) is 39.0 Å². The number of anilines is 2. The number of amides is 1. The summed E-state index contributed by atoms with van der Waals surface area (Å²) in [6.45, 7) is 3.47. The first-order valence-corrected chi connectivity index (χ1v) is 12.9. The number of fused-ring (bicyclic) bond motifs is 1. The summed E-state index contributed by atoms with van der Waals surface area (Å²) in [6, 6.07) is 14.0. The van der Waals surface area contributed by atoms with Crippen LogP contribution in [0.3, 0.4) is 0 Å². The summed E-state index contributed by atoms with van der Waals surface area (Å²) in [4.78, 5) is 29.0. The van der Waals surface area contributed by atoms with Crippen LogP contribution in [0.15, 0.2) is 61.3 Å². The van der Waals surface area contributed by atoms with Crippen LogP contribution in [-0.4, -0.2) is 21.2 Å². The summed E-state index contributed by atoms with van der Waals surface area (Å²) in [5.41, 5.74) is 10.5. The first-order chi connectivity index (χ1) is 18.8. The molecule has 1 aliphatic carbocycles. The minimum absolute atomic E-state index is 0.0959. The van der Waals surface area contributed by atoms with Crippen molar-refractivity contribution in [3.63, 3.8) is 0 Å². The number of rotatable bonds is 6. The van der Waals surface area contributed by atoms with Crippen LogP contribution in [0.2, 0.25) is 0 Å². The van der Waals surface area contributed by atoms with Gasteiger partial charge in [0, 0.05) is 30.4 Å². The summed E-state index contributed by atoms with van der Waals surface area (Å²) in [5.74, 6) is -1.01. The van der Waals surface area contributed by atoms with E-state index in [1.807, 2.05) is 23.7 Å². The van der Waals surface area contributed by atoms with Gasteiger partial charge in [0.2, 0.25) is 5.91 Å². The number of hydrogen-bond acceptors (Lipinski definition) is 5. The molecule has 0 unspecified atom stereocenters. The predicted octanol–water partition coefficient (Wildman–Crippen LogP) is 6.39. The van der Waals surface area contributed by atoms with E-state index in [1.54, 1.807) is 24.3 Å². The van der Waals surface area contributed by atoms with Crippen LogP contribution in [0.1, 0.15) is 48.0 Å². The number of nitrogens with one attached hydrogen (secondary N) is 1. The molecule has 1 fully saturated rings. The second-order valence-electron chi connectivity index (χ2n) is 9.84. The van der Waals surface area contributed by atoms with E-state index in [0.717, 1.165) is 37.7 Å². The van der Waals surface area contributed by atoms with Crippen LogP contribution < -0.4 is 11.1 Å². The normalized spacial score (nSPS) is 13.7. The minimum atomic E-state index is -0.587. The van der Waals surface area contributed by atoms with Gasteiger partial charge in [0.25, 0.3) is 0 Å². The van der Waals surface area contributed by atoms with Crippen LogP contribution in [0, 0.1) is 23.1 Å². The highest BCUT2D eigenvalue weighted by molar-refractivity contribution is 6.11. The van der Waals surface area contributed by atoms with Crippen molar-refractivity contribution in [2.75, 3.05) is 11.1 Å². The van der Waals surface area contributed by atoms with Gasteiger partial charge in [0.15, 0.2) is 5.78 Å². The van der Waals surface area contributed by atoms with Gasteiger partial charge in [-0.25, -0.2) is 9.37 Å². The van der Waals surface area contributed by atoms with E-state index in [1.165, 1.54) is 18.3 Å². The van der Waals surface area contributed by atoms with Crippen molar-refractivity contribution in [1.82, 2.24) is 9.55 Å². The third-order valence-corrected chi connectivity index (χ3v) is 7.47. The monoisotopic (exact) mass is 521 g/mol. The van der Waals surface area contributed by atoms with E-state index < -0.39 is 5.82 Å². The Balaban J connectivity index is 1.68. The summed E-state index contributed by atoms with van der Waals surface area (Å²) in [5, 5.41) is 13.1. The number of nitrogens with two attached hydrogens (primary N) is 1. The third kappa shape index (κ3) is 4.68. The molecule has 2 aromatic heterocycles. The SMILES string of the molecule is C=CC(=O)Nc1ccc(-c2c(-c3ccc(C(=O)C4CCCCC4)c(F)c3)c3c(N)ncc(C#N)c3n2C)cc1. The maximum Gasteiger partial charge on any atom is 0.247 e. The molecule has 0 saturated heterocycles. The number of Topliss-reactive ketones (excluding diaryl/α,β-unsaturated/α-hetero) is 1. The fourth-order valence-corrected chi connectivity index (χ4v) is 5.57. The number of hydrogen-bond donors (Lipinski definition) is 2. The molecule has 196 valence electrons. The predicted molar refractivity (Wildman–Crippen MR) is 150 cm³/mol. The Bertz CT molecular complexity index is 1660. The lowest BCUT2D eigenvalue weighted by Crippen LogP contribution is -2.19. The minimum Gasteiger partial charge on any atom is -0.383 e. The van der Waals surface area contributed by atoms with E-state index in [9.17, 15) is 14.9 Å². The first kappa shape index (κ1) is 25.9. The van der Waals surface area contributed by atoms with Gasteiger partial charge >= 0.3 is 0 Å². The van der Waals surface area contributed by atoms with E-state index in [-0.39, 0.29) is 29.0 Å². The van der Waals surface area contributed by atoms with Gasteiger partial charge in [-0.3, -0.25) is 9.59 Å². The summed E-state index contributed by atoms with van der Waals surface area (Å²) in [6.07, 6.45) is 7.26. The number of halogens is 1. The van der Waals surface area contributed by atoms with E-state index in [4.69, 9.17) is 5.73 Å². The smallest absolute Gasteiger partial charge is 0.247 e. The largest absolute Gasteiger partial charge is 0.383 e. The molecule has 3 N–H and O–H groups in total. The van der Waals surface area contributed by atoms with Crippen molar-refractivity contribution in [1.29, 1.82) is 5.26 Å². The fourth-order valence-electron chi connectivity index (χ4n) is 5.57. The number of benzene rings is 2. The average Bonchev–Trinajstić information content (AvgIpc) is 3.27. The molecule has 5 rings (SSSR count). The quantitative estimate of drug-likeness (QED) is 0.225. The Labute approximate surface area is 225 Å². The second-order valence-corrected chi connectivity index (χ2v) is 9.84. The number of aryl methyl sites for hydroxylation is 1. The zero-order chi connectivity index (χ0) is 27.7. The van der Waals surface area contributed by atoms with Gasteiger partial charge in [0.05, 0.1) is 27.7 Å². The molecule has 0 spiro atoms. The molecule has 7 nitrogen and oxygen atoms in total. The van der Waals surface area contributed by atoms with Crippen LogP contribution in [0.25, 0.3) is 33.3 Å². The second kappa shape index (κ2) is 10.5. The molecule has 8 heteroatoms. The maximum absolute atomic E-state index is 15.6. The zero-order valence-electron chi connectivity index (χ0n) is 21.6. The molecule has 0 aliphatic heterocycles. The molecule has 39 heavy (non-hydrogen) atoms. The maximum atomic E-state index is 15.6. The van der Waals surface area contributed by atoms with E-state index >= 15 is 4.39 Å². The number of carbonyl (C=O) groups excluding carboxylic acids is 2. The lowest BCUT2D eigenvalue weighted by molar-refractivity contribution is -0.111. The number of carbonyl (C=O) groups is 2. The van der Waals surface area contributed by atoms with Gasteiger partial charge in [-0.1, -0.05) is 44.0 Å². The van der Waals surface area contributed by atoms with Crippen molar-refractivity contribution < 1.29 is 14.0 Å². The van der Waals surface area contributed by atoms with Crippen molar-refractivity contribution >= 4 is 34.1 Å². The van der Waals surface area contributed by atoms with Gasteiger partial charge in [-0.15, -0.1) is 0 Å². The van der Waals surface area contributed by atoms with Gasteiger partial charge < -0.3 is 15.6 Å².